The SMILES string of the molecule is CC(C)CCC1(CCC(C)C)OC(=O)c2ccccc21. The molecule has 1 aliphatic heterocycles. The van der Waals surface area contributed by atoms with E-state index in [9.17, 15) is 4.79 Å². The Balaban J connectivity index is 2.30. The summed E-state index contributed by atoms with van der Waals surface area (Å²) >= 11 is 0. The van der Waals surface area contributed by atoms with E-state index in [1.807, 2.05) is 18.2 Å². The first-order valence-corrected chi connectivity index (χ1v) is 7.77. The zero-order valence-electron chi connectivity index (χ0n) is 13.1. The molecule has 0 fully saturated rings. The van der Waals surface area contributed by atoms with Crippen molar-refractivity contribution in [3.63, 3.8) is 0 Å². The third-order valence-electron chi connectivity index (χ3n) is 4.18. The van der Waals surface area contributed by atoms with Gasteiger partial charge in [0.15, 0.2) is 0 Å². The molecule has 20 heavy (non-hydrogen) atoms. The number of fused-ring (bicyclic) bond motifs is 1. The maximum atomic E-state index is 12.1. The highest BCUT2D eigenvalue weighted by Crippen LogP contribution is 2.44. The Labute approximate surface area is 122 Å². The summed E-state index contributed by atoms with van der Waals surface area (Å²) < 4.78 is 5.88. The summed E-state index contributed by atoms with van der Waals surface area (Å²) in [4.78, 5) is 12.1. The molecule has 0 atom stereocenters. The molecule has 1 aliphatic rings. The van der Waals surface area contributed by atoms with Gasteiger partial charge in [-0.25, -0.2) is 4.79 Å². The molecule has 0 amide bonds. The van der Waals surface area contributed by atoms with Crippen LogP contribution >= 0.6 is 0 Å². The van der Waals surface area contributed by atoms with Crippen LogP contribution in [0.5, 0.6) is 0 Å². The summed E-state index contributed by atoms with van der Waals surface area (Å²) in [7, 11) is 0. The number of carbonyl (C=O) groups is 1. The van der Waals surface area contributed by atoms with E-state index >= 15 is 0 Å². The third kappa shape index (κ3) is 3.05. The zero-order valence-corrected chi connectivity index (χ0v) is 13.1. The van der Waals surface area contributed by atoms with Gasteiger partial charge in [0, 0.05) is 5.56 Å². The number of benzene rings is 1. The number of cyclic esters (lactones) is 1. The summed E-state index contributed by atoms with van der Waals surface area (Å²) in [5.74, 6) is 1.10. The van der Waals surface area contributed by atoms with Crippen LogP contribution in [0.15, 0.2) is 24.3 Å². The normalized spacial score (nSPS) is 16.6. The molecule has 0 aromatic heterocycles. The number of ether oxygens (including phenoxy) is 1. The van der Waals surface area contributed by atoms with Gasteiger partial charge in [-0.05, 0) is 43.6 Å². The molecule has 0 saturated heterocycles. The molecule has 0 aliphatic carbocycles. The van der Waals surface area contributed by atoms with Crippen LogP contribution in [-0.4, -0.2) is 5.97 Å². The Morgan fingerprint density at radius 2 is 1.55 bits per heavy atom. The lowest BCUT2D eigenvalue weighted by Crippen LogP contribution is -2.27. The average Bonchev–Trinajstić information content (AvgIpc) is 2.69. The van der Waals surface area contributed by atoms with Crippen LogP contribution < -0.4 is 0 Å². The largest absolute Gasteiger partial charge is 0.451 e. The number of esters is 1. The number of rotatable bonds is 6. The molecule has 0 spiro atoms. The standard InChI is InChI=1S/C18H26O2/c1-13(2)9-11-18(12-10-14(3)4)16-8-6-5-7-15(16)17(19)20-18/h5-8,13-14H,9-12H2,1-4H3. The predicted molar refractivity (Wildman–Crippen MR) is 81.7 cm³/mol. The fourth-order valence-corrected chi connectivity index (χ4v) is 2.89. The lowest BCUT2D eigenvalue weighted by atomic mass is 9.81. The molecule has 0 saturated carbocycles. The molecule has 110 valence electrons. The first-order chi connectivity index (χ1) is 9.44. The van der Waals surface area contributed by atoms with E-state index < -0.39 is 0 Å². The molecule has 0 N–H and O–H groups in total. The molecule has 1 heterocycles. The van der Waals surface area contributed by atoms with Crippen LogP contribution in [0.3, 0.4) is 0 Å². The Morgan fingerprint density at radius 3 is 2.10 bits per heavy atom. The van der Waals surface area contributed by atoms with E-state index in [2.05, 4.69) is 33.8 Å². The van der Waals surface area contributed by atoms with Gasteiger partial charge in [-0.3, -0.25) is 0 Å². The fourth-order valence-electron chi connectivity index (χ4n) is 2.89. The van der Waals surface area contributed by atoms with Gasteiger partial charge in [0.2, 0.25) is 0 Å². The summed E-state index contributed by atoms with van der Waals surface area (Å²) in [6, 6.07) is 7.90. The van der Waals surface area contributed by atoms with Crippen LogP contribution in [-0.2, 0) is 10.3 Å². The van der Waals surface area contributed by atoms with E-state index in [1.165, 1.54) is 0 Å². The van der Waals surface area contributed by atoms with Crippen LogP contribution in [0.25, 0.3) is 0 Å². The highest BCUT2D eigenvalue weighted by molar-refractivity contribution is 5.94. The summed E-state index contributed by atoms with van der Waals surface area (Å²) in [6.45, 7) is 8.88. The van der Waals surface area contributed by atoms with Crippen molar-refractivity contribution in [2.75, 3.05) is 0 Å². The van der Waals surface area contributed by atoms with Crippen molar-refractivity contribution in [1.82, 2.24) is 0 Å². The number of carbonyl (C=O) groups excluding carboxylic acids is 1. The van der Waals surface area contributed by atoms with E-state index in [0.29, 0.717) is 11.8 Å². The minimum Gasteiger partial charge on any atom is -0.451 e. The minimum atomic E-state index is -0.387. The van der Waals surface area contributed by atoms with Gasteiger partial charge in [-0.1, -0.05) is 45.9 Å². The molecule has 2 rings (SSSR count). The van der Waals surface area contributed by atoms with E-state index in [4.69, 9.17) is 4.74 Å². The second-order valence-corrected chi connectivity index (χ2v) is 6.79. The molecule has 1 aromatic rings. The smallest absolute Gasteiger partial charge is 0.339 e. The van der Waals surface area contributed by atoms with Gasteiger partial charge in [0.1, 0.15) is 5.60 Å². The van der Waals surface area contributed by atoms with E-state index in [1.54, 1.807) is 0 Å². The lowest BCUT2D eigenvalue weighted by molar-refractivity contribution is -0.0228. The Bertz CT molecular complexity index is 462. The summed E-state index contributed by atoms with van der Waals surface area (Å²) in [5, 5.41) is 0. The first-order valence-electron chi connectivity index (χ1n) is 7.77. The summed E-state index contributed by atoms with van der Waals surface area (Å²) in [6.07, 6.45) is 4.03. The molecule has 0 bridgehead atoms. The van der Waals surface area contributed by atoms with Crippen molar-refractivity contribution in [3.05, 3.63) is 35.4 Å². The second-order valence-electron chi connectivity index (χ2n) is 6.79. The highest BCUT2D eigenvalue weighted by Gasteiger charge is 2.44. The Morgan fingerprint density at radius 1 is 1.00 bits per heavy atom. The topological polar surface area (TPSA) is 26.3 Å². The Kier molecular flexibility index (Phi) is 4.52. The lowest BCUT2D eigenvalue weighted by Gasteiger charge is -2.30. The van der Waals surface area contributed by atoms with Gasteiger partial charge in [-0.15, -0.1) is 0 Å². The van der Waals surface area contributed by atoms with Crippen molar-refractivity contribution in [2.24, 2.45) is 11.8 Å². The van der Waals surface area contributed by atoms with Gasteiger partial charge in [-0.2, -0.15) is 0 Å². The molecule has 2 heteroatoms. The van der Waals surface area contributed by atoms with Crippen molar-refractivity contribution in [2.45, 2.75) is 59.0 Å². The second kappa shape index (κ2) is 5.99. The third-order valence-corrected chi connectivity index (χ3v) is 4.18. The maximum absolute atomic E-state index is 12.1. The number of hydrogen-bond acceptors (Lipinski definition) is 2. The average molecular weight is 274 g/mol. The first kappa shape index (κ1) is 15.1. The maximum Gasteiger partial charge on any atom is 0.339 e. The molecule has 2 nitrogen and oxygen atoms in total. The fraction of sp³-hybridized carbons (Fsp3) is 0.611. The van der Waals surface area contributed by atoms with E-state index in [-0.39, 0.29) is 11.6 Å². The van der Waals surface area contributed by atoms with Gasteiger partial charge in [0.25, 0.3) is 0 Å². The monoisotopic (exact) mass is 274 g/mol. The van der Waals surface area contributed by atoms with Crippen molar-refractivity contribution in [3.8, 4) is 0 Å². The van der Waals surface area contributed by atoms with Gasteiger partial charge >= 0.3 is 5.97 Å². The number of hydrogen-bond donors (Lipinski definition) is 0. The highest BCUT2D eigenvalue weighted by atomic mass is 16.6. The minimum absolute atomic E-state index is 0.145. The molecular formula is C18H26O2. The van der Waals surface area contributed by atoms with Crippen LogP contribution in [0, 0.1) is 11.8 Å². The summed E-state index contributed by atoms with van der Waals surface area (Å²) in [5.41, 5.74) is 1.48. The van der Waals surface area contributed by atoms with Crippen LogP contribution in [0.4, 0.5) is 0 Å². The molecule has 0 unspecified atom stereocenters. The van der Waals surface area contributed by atoms with Gasteiger partial charge < -0.3 is 4.74 Å². The predicted octanol–water partition coefficient (Wildman–Crippen LogP) is 4.92. The van der Waals surface area contributed by atoms with Gasteiger partial charge in [0.05, 0.1) is 5.56 Å². The van der Waals surface area contributed by atoms with E-state index in [0.717, 1.165) is 36.8 Å². The Hall–Kier alpha value is -1.31. The van der Waals surface area contributed by atoms with Crippen molar-refractivity contribution >= 4 is 5.97 Å². The van der Waals surface area contributed by atoms with Crippen molar-refractivity contribution in [1.29, 1.82) is 0 Å². The molecule has 1 aromatic carbocycles. The van der Waals surface area contributed by atoms with Crippen LogP contribution in [0.2, 0.25) is 0 Å². The molecular weight excluding hydrogens is 248 g/mol. The van der Waals surface area contributed by atoms with Crippen LogP contribution in [0.1, 0.15) is 69.3 Å². The molecule has 0 radical (unpaired) electrons. The van der Waals surface area contributed by atoms with Crippen molar-refractivity contribution < 1.29 is 9.53 Å². The zero-order chi connectivity index (χ0) is 14.8. The quantitative estimate of drug-likeness (QED) is 0.688.